The summed E-state index contributed by atoms with van der Waals surface area (Å²) >= 11 is 0. The van der Waals surface area contributed by atoms with Crippen molar-refractivity contribution >= 4 is 0 Å². The Balaban J connectivity index is 1.55. The molecule has 3 aromatic rings. The van der Waals surface area contributed by atoms with Gasteiger partial charge in [-0.05, 0) is 44.0 Å². The lowest BCUT2D eigenvalue weighted by atomic mass is 9.92. The summed E-state index contributed by atoms with van der Waals surface area (Å²) < 4.78 is 3.64. The van der Waals surface area contributed by atoms with Crippen molar-refractivity contribution in [2.45, 2.75) is 31.8 Å². The second-order valence-electron chi connectivity index (χ2n) is 6.94. The van der Waals surface area contributed by atoms with Gasteiger partial charge in [0.2, 0.25) is 5.88 Å². The van der Waals surface area contributed by atoms with Gasteiger partial charge < -0.3 is 9.67 Å². The zero-order chi connectivity index (χ0) is 17.4. The molecule has 0 saturated carbocycles. The summed E-state index contributed by atoms with van der Waals surface area (Å²) in [6.45, 7) is 0.924. The predicted molar refractivity (Wildman–Crippen MR) is 97.9 cm³/mol. The van der Waals surface area contributed by atoms with E-state index in [1.54, 1.807) is 4.68 Å². The van der Waals surface area contributed by atoms with Crippen LogP contribution in [0.25, 0.3) is 5.82 Å². The lowest BCUT2D eigenvalue weighted by Crippen LogP contribution is -2.35. The van der Waals surface area contributed by atoms with Crippen LogP contribution in [0.4, 0.5) is 0 Å². The number of likely N-dealkylation sites (N-methyl/N-ethyl adjacent to an activating group) is 1. The van der Waals surface area contributed by atoms with Crippen molar-refractivity contribution in [2.75, 3.05) is 7.05 Å². The Kier molecular flexibility index (Phi) is 4.09. The highest BCUT2D eigenvalue weighted by molar-refractivity contribution is 5.40. The third-order valence-electron chi connectivity index (χ3n) is 5.23. The molecule has 0 fully saturated rings. The SMILES string of the molecule is CN(Cc1ccccc1)C1CCc2nn(-c3cccn3C)c(O)c2C1. The first-order valence-corrected chi connectivity index (χ1v) is 8.79. The van der Waals surface area contributed by atoms with Gasteiger partial charge in [0.15, 0.2) is 0 Å². The molecule has 5 heteroatoms. The maximum absolute atomic E-state index is 10.7. The van der Waals surface area contributed by atoms with Crippen LogP contribution in [0, 0.1) is 0 Å². The number of nitrogens with zero attached hydrogens (tertiary/aromatic N) is 4. The maximum Gasteiger partial charge on any atom is 0.219 e. The fraction of sp³-hybridized carbons (Fsp3) is 0.350. The zero-order valence-electron chi connectivity index (χ0n) is 14.8. The van der Waals surface area contributed by atoms with Gasteiger partial charge in [0, 0.05) is 31.4 Å². The molecule has 2 aromatic heterocycles. The fourth-order valence-corrected chi connectivity index (χ4v) is 3.74. The maximum atomic E-state index is 10.7. The van der Waals surface area contributed by atoms with E-state index in [0.717, 1.165) is 42.9 Å². The number of aromatic nitrogens is 3. The van der Waals surface area contributed by atoms with Crippen LogP contribution in [-0.2, 0) is 26.4 Å². The molecule has 0 spiro atoms. The molecule has 0 radical (unpaired) electrons. The molecule has 0 saturated heterocycles. The lowest BCUT2D eigenvalue weighted by molar-refractivity contribution is 0.212. The normalized spacial score (nSPS) is 17.0. The highest BCUT2D eigenvalue weighted by Gasteiger charge is 2.29. The number of fused-ring (bicyclic) bond motifs is 1. The molecule has 1 atom stereocenters. The van der Waals surface area contributed by atoms with E-state index in [1.165, 1.54) is 5.56 Å². The quantitative estimate of drug-likeness (QED) is 0.797. The summed E-state index contributed by atoms with van der Waals surface area (Å²) in [5, 5.41) is 15.4. The van der Waals surface area contributed by atoms with Crippen molar-refractivity contribution in [3.05, 3.63) is 65.5 Å². The number of hydrogen-bond donors (Lipinski definition) is 1. The minimum absolute atomic E-state index is 0.287. The molecular formula is C20H24N4O. The predicted octanol–water partition coefficient (Wildman–Crippen LogP) is 2.91. The van der Waals surface area contributed by atoms with Gasteiger partial charge in [-0.25, -0.2) is 0 Å². The number of aromatic hydroxyl groups is 1. The van der Waals surface area contributed by atoms with E-state index < -0.39 is 0 Å². The first-order valence-electron chi connectivity index (χ1n) is 8.79. The van der Waals surface area contributed by atoms with E-state index in [4.69, 9.17) is 0 Å². The molecule has 2 heterocycles. The van der Waals surface area contributed by atoms with Crippen molar-refractivity contribution in [1.29, 1.82) is 0 Å². The average Bonchev–Trinajstić information content (AvgIpc) is 3.19. The molecule has 1 N–H and O–H groups in total. The summed E-state index contributed by atoms with van der Waals surface area (Å²) in [4.78, 5) is 2.39. The molecular weight excluding hydrogens is 312 g/mol. The van der Waals surface area contributed by atoms with Crippen LogP contribution >= 0.6 is 0 Å². The van der Waals surface area contributed by atoms with Gasteiger partial charge in [-0.1, -0.05) is 30.3 Å². The molecule has 1 aliphatic rings. The topological polar surface area (TPSA) is 46.2 Å². The largest absolute Gasteiger partial charge is 0.493 e. The van der Waals surface area contributed by atoms with Crippen molar-refractivity contribution in [1.82, 2.24) is 19.2 Å². The van der Waals surface area contributed by atoms with E-state index in [9.17, 15) is 5.11 Å². The fourth-order valence-electron chi connectivity index (χ4n) is 3.74. The van der Waals surface area contributed by atoms with E-state index in [2.05, 4.69) is 41.3 Å². The first kappa shape index (κ1) is 16.0. The monoisotopic (exact) mass is 336 g/mol. The summed E-state index contributed by atoms with van der Waals surface area (Å²) in [6, 6.07) is 14.9. The molecule has 1 unspecified atom stereocenters. The molecule has 1 aromatic carbocycles. The van der Waals surface area contributed by atoms with Crippen LogP contribution in [0.1, 0.15) is 23.2 Å². The van der Waals surface area contributed by atoms with Gasteiger partial charge in [-0.2, -0.15) is 9.78 Å². The van der Waals surface area contributed by atoms with Crippen LogP contribution in [-0.4, -0.2) is 37.4 Å². The Hall–Kier alpha value is -2.53. The van der Waals surface area contributed by atoms with E-state index in [-0.39, 0.29) is 5.88 Å². The molecule has 0 amide bonds. The Morgan fingerprint density at radius 1 is 1.20 bits per heavy atom. The third kappa shape index (κ3) is 2.96. The first-order chi connectivity index (χ1) is 12.1. The number of aryl methyl sites for hydroxylation is 2. The van der Waals surface area contributed by atoms with Gasteiger partial charge in [-0.3, -0.25) is 4.90 Å². The molecule has 0 aliphatic heterocycles. The molecule has 1 aliphatic carbocycles. The molecule has 25 heavy (non-hydrogen) atoms. The molecule has 0 bridgehead atoms. The molecule has 130 valence electrons. The smallest absolute Gasteiger partial charge is 0.219 e. The summed E-state index contributed by atoms with van der Waals surface area (Å²) in [5.74, 6) is 1.18. The summed E-state index contributed by atoms with van der Waals surface area (Å²) in [5.41, 5.74) is 3.35. The van der Waals surface area contributed by atoms with Crippen molar-refractivity contribution in [3.8, 4) is 11.7 Å². The zero-order valence-corrected chi connectivity index (χ0v) is 14.8. The third-order valence-corrected chi connectivity index (χ3v) is 5.23. The number of hydrogen-bond acceptors (Lipinski definition) is 3. The Labute approximate surface area is 148 Å². The lowest BCUT2D eigenvalue weighted by Gasteiger charge is -2.30. The van der Waals surface area contributed by atoms with Crippen molar-refractivity contribution in [2.24, 2.45) is 7.05 Å². The molecule has 5 nitrogen and oxygen atoms in total. The Bertz CT molecular complexity index is 865. The van der Waals surface area contributed by atoms with Crippen LogP contribution in [0.5, 0.6) is 5.88 Å². The van der Waals surface area contributed by atoms with Crippen LogP contribution in [0.3, 0.4) is 0 Å². The average molecular weight is 336 g/mol. The number of benzene rings is 1. The van der Waals surface area contributed by atoms with Crippen molar-refractivity contribution < 1.29 is 5.11 Å². The van der Waals surface area contributed by atoms with E-state index in [1.807, 2.05) is 36.0 Å². The number of rotatable bonds is 4. The van der Waals surface area contributed by atoms with Gasteiger partial charge in [0.05, 0.1) is 5.69 Å². The molecule has 4 rings (SSSR count). The Morgan fingerprint density at radius 2 is 2.00 bits per heavy atom. The van der Waals surface area contributed by atoms with Gasteiger partial charge >= 0.3 is 0 Å². The van der Waals surface area contributed by atoms with E-state index in [0.29, 0.717) is 6.04 Å². The van der Waals surface area contributed by atoms with Gasteiger partial charge in [0.1, 0.15) is 5.82 Å². The highest BCUT2D eigenvalue weighted by Crippen LogP contribution is 2.32. The van der Waals surface area contributed by atoms with Crippen LogP contribution in [0.2, 0.25) is 0 Å². The second kappa shape index (κ2) is 6.41. The van der Waals surface area contributed by atoms with Gasteiger partial charge in [0.25, 0.3) is 0 Å². The minimum atomic E-state index is 0.287. The second-order valence-corrected chi connectivity index (χ2v) is 6.94. The standard InChI is InChI=1S/C20H24N4O/c1-22-12-6-9-19(22)24-20(25)17-13-16(10-11-18(17)21-24)23(2)14-15-7-4-3-5-8-15/h3-9,12,16,25H,10-11,13-14H2,1-2H3. The van der Waals surface area contributed by atoms with Crippen molar-refractivity contribution in [3.63, 3.8) is 0 Å². The Morgan fingerprint density at radius 3 is 2.72 bits per heavy atom. The van der Waals surface area contributed by atoms with E-state index >= 15 is 0 Å². The summed E-state index contributed by atoms with van der Waals surface area (Å²) in [7, 11) is 4.13. The van der Waals surface area contributed by atoms with Crippen LogP contribution in [0.15, 0.2) is 48.7 Å². The van der Waals surface area contributed by atoms with Gasteiger partial charge in [-0.15, -0.1) is 0 Å². The highest BCUT2D eigenvalue weighted by atomic mass is 16.3. The minimum Gasteiger partial charge on any atom is -0.493 e. The van der Waals surface area contributed by atoms with Crippen LogP contribution < -0.4 is 0 Å². The summed E-state index contributed by atoms with van der Waals surface area (Å²) in [6.07, 6.45) is 4.78.